The Labute approximate surface area is 131 Å². The van der Waals surface area contributed by atoms with Crippen LogP contribution in [0.2, 0.25) is 0 Å². The van der Waals surface area contributed by atoms with Gasteiger partial charge in [-0.15, -0.1) is 0 Å². The van der Waals surface area contributed by atoms with Crippen molar-refractivity contribution in [2.24, 2.45) is 0 Å². The number of likely N-dealkylation sites (N-methyl/N-ethyl adjacent to an activating group) is 1. The minimum atomic E-state index is -0.105. The van der Waals surface area contributed by atoms with E-state index in [2.05, 4.69) is 16.8 Å². The molecule has 0 aliphatic carbocycles. The van der Waals surface area contributed by atoms with E-state index in [1.54, 1.807) is 11.1 Å². The van der Waals surface area contributed by atoms with Gasteiger partial charge in [0.2, 0.25) is 11.8 Å². The summed E-state index contributed by atoms with van der Waals surface area (Å²) in [6.07, 6.45) is 1.69. The highest BCUT2D eigenvalue weighted by atomic mass is 16.2. The second-order valence-corrected chi connectivity index (χ2v) is 5.51. The van der Waals surface area contributed by atoms with E-state index < -0.39 is 0 Å². The van der Waals surface area contributed by atoms with Crippen molar-refractivity contribution in [1.29, 1.82) is 0 Å². The van der Waals surface area contributed by atoms with Crippen molar-refractivity contribution in [1.82, 2.24) is 19.7 Å². The van der Waals surface area contributed by atoms with Crippen molar-refractivity contribution in [3.05, 3.63) is 30.1 Å². The second kappa shape index (κ2) is 7.89. The zero-order valence-corrected chi connectivity index (χ0v) is 13.4. The number of hydrogen-bond acceptors (Lipinski definition) is 4. The first-order chi connectivity index (χ1) is 10.6. The number of rotatable bonds is 5. The molecule has 0 saturated carbocycles. The lowest BCUT2D eigenvalue weighted by molar-refractivity contribution is -0.141. The molecule has 22 heavy (non-hydrogen) atoms. The number of aromatic nitrogens is 1. The average molecular weight is 304 g/mol. The quantitative estimate of drug-likeness (QED) is 0.799. The molecular weight excluding hydrogens is 280 g/mol. The molecule has 0 bridgehead atoms. The molecule has 1 aromatic rings. The molecule has 1 saturated heterocycles. The van der Waals surface area contributed by atoms with Crippen molar-refractivity contribution in [2.75, 3.05) is 39.3 Å². The van der Waals surface area contributed by atoms with Crippen molar-refractivity contribution < 1.29 is 9.59 Å². The molecule has 6 heteroatoms. The average Bonchev–Trinajstić information content (AvgIpc) is 2.55. The predicted octanol–water partition coefficient (Wildman–Crippen LogP) is 0.594. The Morgan fingerprint density at radius 1 is 1.23 bits per heavy atom. The molecule has 1 fully saturated rings. The van der Waals surface area contributed by atoms with Crippen LogP contribution in [0.15, 0.2) is 24.4 Å². The van der Waals surface area contributed by atoms with Crippen LogP contribution < -0.4 is 0 Å². The van der Waals surface area contributed by atoms with Crippen molar-refractivity contribution in [3.8, 4) is 0 Å². The standard InChI is InChI=1S/C16H24N4O2/c1-3-18-8-10-19(11-9-18)16(22)13-20(14(2)21)12-15-6-4-5-7-17-15/h4-7H,3,8-13H2,1-2H3. The van der Waals surface area contributed by atoms with Crippen molar-refractivity contribution in [2.45, 2.75) is 20.4 Å². The Kier molecular flexibility index (Phi) is 5.89. The maximum absolute atomic E-state index is 12.4. The fraction of sp³-hybridized carbons (Fsp3) is 0.562. The van der Waals surface area contributed by atoms with Gasteiger partial charge in [0.25, 0.3) is 0 Å². The third kappa shape index (κ3) is 4.53. The minimum Gasteiger partial charge on any atom is -0.339 e. The van der Waals surface area contributed by atoms with E-state index in [1.807, 2.05) is 23.1 Å². The van der Waals surface area contributed by atoms with Gasteiger partial charge in [0.05, 0.1) is 12.2 Å². The highest BCUT2D eigenvalue weighted by Gasteiger charge is 2.23. The van der Waals surface area contributed by atoms with Gasteiger partial charge >= 0.3 is 0 Å². The van der Waals surface area contributed by atoms with Crippen LogP contribution in [0, 0.1) is 0 Å². The third-order valence-electron chi connectivity index (χ3n) is 4.02. The highest BCUT2D eigenvalue weighted by Crippen LogP contribution is 2.06. The van der Waals surface area contributed by atoms with Crippen LogP contribution in [-0.2, 0) is 16.1 Å². The topological polar surface area (TPSA) is 56.8 Å². The molecule has 1 aliphatic rings. The number of carbonyl (C=O) groups is 2. The summed E-state index contributed by atoms with van der Waals surface area (Å²) in [4.78, 5) is 34.1. The molecule has 0 atom stereocenters. The van der Waals surface area contributed by atoms with Gasteiger partial charge < -0.3 is 14.7 Å². The zero-order valence-electron chi connectivity index (χ0n) is 13.4. The molecular formula is C16H24N4O2. The van der Waals surface area contributed by atoms with Gasteiger partial charge in [0.15, 0.2) is 0 Å². The molecule has 2 heterocycles. The Hall–Kier alpha value is -1.95. The number of hydrogen-bond donors (Lipinski definition) is 0. The Morgan fingerprint density at radius 2 is 1.95 bits per heavy atom. The lowest BCUT2D eigenvalue weighted by atomic mass is 10.3. The van der Waals surface area contributed by atoms with Crippen LogP contribution in [-0.4, -0.2) is 70.8 Å². The van der Waals surface area contributed by atoms with Gasteiger partial charge in [0, 0.05) is 39.3 Å². The van der Waals surface area contributed by atoms with Crippen LogP contribution in [0.4, 0.5) is 0 Å². The first kappa shape index (κ1) is 16.4. The zero-order chi connectivity index (χ0) is 15.9. The fourth-order valence-electron chi connectivity index (χ4n) is 2.54. The molecule has 2 rings (SSSR count). The molecule has 2 amide bonds. The van der Waals surface area contributed by atoms with Crippen molar-refractivity contribution >= 4 is 11.8 Å². The molecule has 1 aromatic heterocycles. The monoisotopic (exact) mass is 304 g/mol. The summed E-state index contributed by atoms with van der Waals surface area (Å²) in [5, 5.41) is 0. The lowest BCUT2D eigenvalue weighted by Gasteiger charge is -2.35. The van der Waals surface area contributed by atoms with E-state index in [0.717, 1.165) is 38.4 Å². The third-order valence-corrected chi connectivity index (χ3v) is 4.02. The van der Waals surface area contributed by atoms with Crippen LogP contribution in [0.1, 0.15) is 19.5 Å². The molecule has 0 aromatic carbocycles. The van der Waals surface area contributed by atoms with E-state index in [1.165, 1.54) is 6.92 Å². The van der Waals surface area contributed by atoms with Crippen LogP contribution in [0.5, 0.6) is 0 Å². The molecule has 0 radical (unpaired) electrons. The summed E-state index contributed by atoms with van der Waals surface area (Å²) >= 11 is 0. The molecule has 120 valence electrons. The molecule has 0 unspecified atom stereocenters. The van der Waals surface area contributed by atoms with Gasteiger partial charge in [-0.05, 0) is 18.7 Å². The smallest absolute Gasteiger partial charge is 0.242 e. The number of piperazine rings is 1. The summed E-state index contributed by atoms with van der Waals surface area (Å²) in [7, 11) is 0. The molecule has 0 N–H and O–H groups in total. The fourth-order valence-corrected chi connectivity index (χ4v) is 2.54. The highest BCUT2D eigenvalue weighted by molar-refractivity contribution is 5.83. The van der Waals surface area contributed by atoms with E-state index >= 15 is 0 Å². The Balaban J connectivity index is 1.91. The SMILES string of the molecule is CCN1CCN(C(=O)CN(Cc2ccccn2)C(C)=O)CC1. The largest absolute Gasteiger partial charge is 0.339 e. The summed E-state index contributed by atoms with van der Waals surface area (Å²) in [6.45, 7) is 8.42. The summed E-state index contributed by atoms with van der Waals surface area (Å²) in [5.41, 5.74) is 0.793. The van der Waals surface area contributed by atoms with Crippen LogP contribution in [0.25, 0.3) is 0 Å². The minimum absolute atomic E-state index is 0.0156. The molecule has 6 nitrogen and oxygen atoms in total. The van der Waals surface area contributed by atoms with Gasteiger partial charge in [-0.1, -0.05) is 13.0 Å². The first-order valence-electron chi connectivity index (χ1n) is 7.75. The second-order valence-electron chi connectivity index (χ2n) is 5.51. The van der Waals surface area contributed by atoms with Crippen LogP contribution >= 0.6 is 0 Å². The summed E-state index contributed by atoms with van der Waals surface area (Å²) in [6, 6.07) is 5.58. The summed E-state index contributed by atoms with van der Waals surface area (Å²) in [5.74, 6) is -0.0897. The maximum Gasteiger partial charge on any atom is 0.242 e. The van der Waals surface area contributed by atoms with E-state index in [-0.39, 0.29) is 18.4 Å². The number of carbonyl (C=O) groups excluding carboxylic acids is 2. The summed E-state index contributed by atoms with van der Waals surface area (Å²) < 4.78 is 0. The van der Waals surface area contributed by atoms with E-state index in [4.69, 9.17) is 0 Å². The Morgan fingerprint density at radius 3 is 2.50 bits per heavy atom. The maximum atomic E-state index is 12.4. The predicted molar refractivity (Wildman–Crippen MR) is 84.0 cm³/mol. The van der Waals surface area contributed by atoms with Gasteiger partial charge in [-0.2, -0.15) is 0 Å². The normalized spacial score (nSPS) is 15.6. The van der Waals surface area contributed by atoms with Crippen LogP contribution in [0.3, 0.4) is 0 Å². The number of nitrogens with zero attached hydrogens (tertiary/aromatic N) is 4. The molecule has 1 aliphatic heterocycles. The number of pyridine rings is 1. The Bertz CT molecular complexity index is 498. The van der Waals surface area contributed by atoms with Gasteiger partial charge in [-0.25, -0.2) is 0 Å². The van der Waals surface area contributed by atoms with Gasteiger partial charge in [-0.3, -0.25) is 14.6 Å². The van der Waals surface area contributed by atoms with Gasteiger partial charge in [0.1, 0.15) is 6.54 Å². The van der Waals surface area contributed by atoms with E-state index in [9.17, 15) is 9.59 Å². The number of amides is 2. The van der Waals surface area contributed by atoms with E-state index in [0.29, 0.717) is 6.54 Å². The molecule has 0 spiro atoms. The van der Waals surface area contributed by atoms with Crippen molar-refractivity contribution in [3.63, 3.8) is 0 Å². The lowest BCUT2D eigenvalue weighted by Crippen LogP contribution is -2.51. The first-order valence-corrected chi connectivity index (χ1v) is 7.75.